The Labute approximate surface area is 216 Å². The van der Waals surface area contributed by atoms with Gasteiger partial charge in [-0.25, -0.2) is 9.97 Å². The molecule has 2 aromatic rings. The molecular formula is C26H34N8O3. The SMILES string of the molecule is CC(C)(NC(=O)c1cn2c(n1)CN(c1nc3c(c(NC4CCOCC4)n1)/C(=C/O)CC3)CC2)C1C=NC1. The fourth-order valence-electron chi connectivity index (χ4n) is 5.41. The number of aryl methyl sites for hydroxylation is 1. The highest BCUT2D eigenvalue weighted by Gasteiger charge is 2.34. The topological polar surface area (TPSA) is 130 Å². The molecule has 5 heterocycles. The number of aliphatic hydroxyl groups excluding tert-OH is 1. The average molecular weight is 507 g/mol. The maximum atomic E-state index is 13.0. The minimum absolute atomic E-state index is 0.168. The first-order valence-corrected chi connectivity index (χ1v) is 13.1. The zero-order valence-corrected chi connectivity index (χ0v) is 21.4. The van der Waals surface area contributed by atoms with Gasteiger partial charge in [-0.3, -0.25) is 9.79 Å². The molecule has 1 fully saturated rings. The lowest BCUT2D eigenvalue weighted by Crippen LogP contribution is -2.52. The van der Waals surface area contributed by atoms with Crippen molar-refractivity contribution in [3.05, 3.63) is 35.2 Å². The number of nitrogens with one attached hydrogen (secondary N) is 2. The first kappa shape index (κ1) is 23.9. The van der Waals surface area contributed by atoms with Gasteiger partial charge >= 0.3 is 0 Å². The van der Waals surface area contributed by atoms with E-state index >= 15 is 0 Å². The zero-order valence-electron chi connectivity index (χ0n) is 21.4. The molecule has 0 bridgehead atoms. The molecule has 0 saturated carbocycles. The molecule has 0 spiro atoms. The highest BCUT2D eigenvalue weighted by molar-refractivity contribution is 5.93. The molecule has 196 valence electrons. The third-order valence-corrected chi connectivity index (χ3v) is 7.91. The normalized spacial score (nSPS) is 22.5. The molecule has 1 unspecified atom stereocenters. The number of hydrogen-bond acceptors (Lipinski definition) is 9. The van der Waals surface area contributed by atoms with Crippen molar-refractivity contribution >= 4 is 29.5 Å². The molecule has 0 aromatic carbocycles. The van der Waals surface area contributed by atoms with Crippen LogP contribution in [-0.2, 0) is 24.2 Å². The summed E-state index contributed by atoms with van der Waals surface area (Å²) in [7, 11) is 0. The summed E-state index contributed by atoms with van der Waals surface area (Å²) >= 11 is 0. The Balaban J connectivity index is 1.22. The van der Waals surface area contributed by atoms with Crippen LogP contribution in [0.25, 0.3) is 5.57 Å². The van der Waals surface area contributed by atoms with Crippen molar-refractivity contribution < 1.29 is 14.6 Å². The van der Waals surface area contributed by atoms with Crippen molar-refractivity contribution in [3.63, 3.8) is 0 Å². The van der Waals surface area contributed by atoms with Crippen LogP contribution in [0.4, 0.5) is 11.8 Å². The molecule has 2 aromatic heterocycles. The second kappa shape index (κ2) is 9.44. The van der Waals surface area contributed by atoms with Crippen LogP contribution in [0.3, 0.4) is 0 Å². The summed E-state index contributed by atoms with van der Waals surface area (Å²) < 4.78 is 7.56. The summed E-state index contributed by atoms with van der Waals surface area (Å²) in [6, 6.07) is 0.276. The molecule has 3 aliphatic heterocycles. The van der Waals surface area contributed by atoms with E-state index in [0.29, 0.717) is 31.3 Å². The first-order valence-electron chi connectivity index (χ1n) is 13.1. The smallest absolute Gasteiger partial charge is 0.271 e. The van der Waals surface area contributed by atoms with E-state index in [1.807, 2.05) is 30.8 Å². The Kier molecular flexibility index (Phi) is 6.10. The average Bonchev–Trinajstić information content (AvgIpc) is 3.46. The first-order chi connectivity index (χ1) is 17.9. The number of aliphatic imine (C=N–C) groups is 1. The Morgan fingerprint density at radius 2 is 2.00 bits per heavy atom. The second-order valence-corrected chi connectivity index (χ2v) is 10.8. The second-order valence-electron chi connectivity index (χ2n) is 10.8. The molecular weight excluding hydrogens is 472 g/mol. The summed E-state index contributed by atoms with van der Waals surface area (Å²) in [4.78, 5) is 33.8. The van der Waals surface area contributed by atoms with Gasteiger partial charge in [-0.05, 0) is 45.1 Å². The number of nitrogens with zero attached hydrogens (tertiary/aromatic N) is 6. The Hall–Kier alpha value is -3.47. The molecule has 11 nitrogen and oxygen atoms in total. The van der Waals surface area contributed by atoms with E-state index in [1.54, 1.807) is 0 Å². The van der Waals surface area contributed by atoms with Crippen molar-refractivity contribution in [2.45, 2.75) is 64.2 Å². The van der Waals surface area contributed by atoms with E-state index in [9.17, 15) is 9.90 Å². The fraction of sp³-hybridized carbons (Fsp3) is 0.577. The van der Waals surface area contributed by atoms with Gasteiger partial charge in [0, 0.05) is 68.3 Å². The fourth-order valence-corrected chi connectivity index (χ4v) is 5.41. The van der Waals surface area contributed by atoms with Gasteiger partial charge in [0.2, 0.25) is 5.95 Å². The number of imidazole rings is 1. The largest absolute Gasteiger partial charge is 0.515 e. The number of rotatable bonds is 6. The number of anilines is 2. The van der Waals surface area contributed by atoms with Crippen LogP contribution >= 0.6 is 0 Å². The van der Waals surface area contributed by atoms with Gasteiger partial charge in [-0.2, -0.15) is 4.98 Å². The summed E-state index contributed by atoms with van der Waals surface area (Å²) in [5, 5.41) is 16.5. The van der Waals surface area contributed by atoms with Crippen LogP contribution in [-0.4, -0.2) is 74.6 Å². The van der Waals surface area contributed by atoms with Gasteiger partial charge < -0.3 is 29.9 Å². The molecule has 11 heteroatoms. The Morgan fingerprint density at radius 3 is 2.73 bits per heavy atom. The number of fused-ring (bicyclic) bond motifs is 2. The van der Waals surface area contributed by atoms with Gasteiger partial charge in [0.25, 0.3) is 5.91 Å². The Morgan fingerprint density at radius 1 is 1.19 bits per heavy atom. The van der Waals surface area contributed by atoms with Gasteiger partial charge in [0.15, 0.2) is 0 Å². The van der Waals surface area contributed by atoms with Gasteiger partial charge in [-0.1, -0.05) is 0 Å². The number of carbonyl (C=O) groups is 1. The van der Waals surface area contributed by atoms with Crippen molar-refractivity contribution in [3.8, 4) is 0 Å². The van der Waals surface area contributed by atoms with Crippen molar-refractivity contribution in [2.24, 2.45) is 10.9 Å². The third kappa shape index (κ3) is 4.56. The number of aliphatic hydroxyl groups is 1. The predicted molar refractivity (Wildman–Crippen MR) is 140 cm³/mol. The van der Waals surface area contributed by atoms with E-state index in [4.69, 9.17) is 14.7 Å². The van der Waals surface area contributed by atoms with Crippen molar-refractivity contribution in [1.82, 2.24) is 24.8 Å². The lowest BCUT2D eigenvalue weighted by atomic mass is 9.85. The van der Waals surface area contributed by atoms with E-state index in [0.717, 1.165) is 73.9 Å². The number of amides is 1. The van der Waals surface area contributed by atoms with Gasteiger partial charge in [0.1, 0.15) is 17.3 Å². The highest BCUT2D eigenvalue weighted by Crippen LogP contribution is 2.37. The van der Waals surface area contributed by atoms with Crippen LogP contribution in [0.5, 0.6) is 0 Å². The quantitative estimate of drug-likeness (QED) is 0.509. The van der Waals surface area contributed by atoms with E-state index in [-0.39, 0.29) is 23.4 Å². The lowest BCUT2D eigenvalue weighted by Gasteiger charge is -2.35. The molecule has 6 rings (SSSR count). The van der Waals surface area contributed by atoms with Crippen LogP contribution in [0.2, 0.25) is 0 Å². The molecule has 1 aliphatic carbocycles. The summed E-state index contributed by atoms with van der Waals surface area (Å²) in [5.41, 5.74) is 2.81. The molecule has 4 aliphatic rings. The Bertz CT molecular complexity index is 1260. The number of carbonyl (C=O) groups excluding carboxylic acids is 1. The summed E-state index contributed by atoms with van der Waals surface area (Å²) in [5.74, 6) is 2.32. The minimum Gasteiger partial charge on any atom is -0.515 e. The predicted octanol–water partition coefficient (Wildman–Crippen LogP) is 2.34. The van der Waals surface area contributed by atoms with Crippen LogP contribution in [0, 0.1) is 5.92 Å². The maximum Gasteiger partial charge on any atom is 0.271 e. The number of aromatic nitrogens is 4. The van der Waals surface area contributed by atoms with Crippen molar-refractivity contribution in [2.75, 3.05) is 36.5 Å². The molecule has 0 radical (unpaired) electrons. The zero-order chi connectivity index (χ0) is 25.6. The van der Waals surface area contributed by atoms with Crippen LogP contribution in [0.15, 0.2) is 17.5 Å². The van der Waals surface area contributed by atoms with Crippen LogP contribution < -0.4 is 15.5 Å². The maximum absolute atomic E-state index is 13.0. The standard InChI is InChI=1S/C26H34N8O3/c1-26(2,17-11-27-12-17)32-24(36)20-13-33-7-8-34(14-21(33)29-20)25-30-19-4-3-16(15-35)22(19)23(31-25)28-18-5-9-37-10-6-18/h11,13,15,17-18,35H,3-10,12,14H2,1-2H3,(H,32,36)(H,28,30,31)/b16-15+. The summed E-state index contributed by atoms with van der Waals surface area (Å²) in [6.07, 6.45) is 8.29. The van der Waals surface area contributed by atoms with E-state index in [2.05, 4.69) is 25.5 Å². The summed E-state index contributed by atoms with van der Waals surface area (Å²) in [6.45, 7) is 8.17. The molecule has 1 atom stereocenters. The molecule has 1 saturated heterocycles. The lowest BCUT2D eigenvalue weighted by molar-refractivity contribution is 0.0891. The van der Waals surface area contributed by atoms with Gasteiger partial charge in [0.05, 0.1) is 18.5 Å². The van der Waals surface area contributed by atoms with Gasteiger partial charge in [-0.15, -0.1) is 0 Å². The number of hydrogen-bond donors (Lipinski definition) is 3. The number of ether oxygens (including phenoxy) is 1. The van der Waals surface area contributed by atoms with Crippen LogP contribution in [0.1, 0.15) is 60.7 Å². The minimum atomic E-state index is -0.372. The highest BCUT2D eigenvalue weighted by atomic mass is 16.5. The number of allylic oxidation sites excluding steroid dienone is 1. The molecule has 37 heavy (non-hydrogen) atoms. The van der Waals surface area contributed by atoms with E-state index in [1.165, 1.54) is 6.26 Å². The van der Waals surface area contributed by atoms with Crippen molar-refractivity contribution in [1.29, 1.82) is 0 Å². The van der Waals surface area contributed by atoms with E-state index < -0.39 is 0 Å². The molecule has 1 amide bonds. The monoisotopic (exact) mass is 506 g/mol. The molecule has 3 N–H and O–H groups in total. The third-order valence-electron chi connectivity index (χ3n) is 7.91.